The van der Waals surface area contributed by atoms with Gasteiger partial charge in [-0.05, 0) is 61.3 Å². The molecule has 3 fully saturated rings. The fourth-order valence-electron chi connectivity index (χ4n) is 6.57. The Bertz CT molecular complexity index is 579. The van der Waals surface area contributed by atoms with E-state index >= 15 is 0 Å². The molecule has 0 aromatic heterocycles. The highest BCUT2D eigenvalue weighted by molar-refractivity contribution is 6.00. The molecular formula is C20H30O2. The van der Waals surface area contributed by atoms with E-state index in [0.29, 0.717) is 36.2 Å². The van der Waals surface area contributed by atoms with Crippen molar-refractivity contribution in [3.8, 4) is 0 Å². The van der Waals surface area contributed by atoms with Crippen LogP contribution in [-0.4, -0.2) is 11.6 Å². The monoisotopic (exact) mass is 302 g/mol. The molecule has 3 aliphatic rings. The van der Waals surface area contributed by atoms with Crippen LogP contribution in [0.3, 0.4) is 0 Å². The summed E-state index contributed by atoms with van der Waals surface area (Å²) in [6.45, 7) is 13.1. The summed E-state index contributed by atoms with van der Waals surface area (Å²) < 4.78 is 0. The van der Waals surface area contributed by atoms with Crippen molar-refractivity contribution < 1.29 is 9.59 Å². The van der Waals surface area contributed by atoms with E-state index in [-0.39, 0.29) is 16.2 Å². The number of hydrogen-bond acceptors (Lipinski definition) is 2. The molecule has 2 nitrogen and oxygen atoms in total. The molecule has 0 heterocycles. The molecule has 122 valence electrons. The molecule has 22 heavy (non-hydrogen) atoms. The van der Waals surface area contributed by atoms with Crippen LogP contribution in [0.15, 0.2) is 11.1 Å². The number of ketones is 2. The van der Waals surface area contributed by atoms with E-state index in [1.54, 1.807) is 0 Å². The first-order valence-electron chi connectivity index (χ1n) is 8.79. The Balaban J connectivity index is 2.10. The van der Waals surface area contributed by atoms with Crippen molar-refractivity contribution in [2.75, 3.05) is 0 Å². The van der Waals surface area contributed by atoms with Crippen LogP contribution in [0.4, 0.5) is 0 Å². The minimum absolute atomic E-state index is 0.0254. The SMILES string of the molecule is CC(C)=C1C(=O)C[C@H]2[C@@]3(C)CCC(=O)C(C)(C)[C@@H]3CC[C@]12C. The van der Waals surface area contributed by atoms with Crippen LogP contribution in [0.5, 0.6) is 0 Å². The van der Waals surface area contributed by atoms with Gasteiger partial charge in [0.2, 0.25) is 0 Å². The summed E-state index contributed by atoms with van der Waals surface area (Å²) in [5.74, 6) is 1.61. The zero-order valence-electron chi connectivity index (χ0n) is 15.0. The van der Waals surface area contributed by atoms with E-state index in [2.05, 4.69) is 41.5 Å². The molecule has 0 N–H and O–H groups in total. The number of carbonyl (C=O) groups excluding carboxylic acids is 2. The first-order valence-corrected chi connectivity index (χ1v) is 8.79. The zero-order valence-corrected chi connectivity index (χ0v) is 15.0. The fraction of sp³-hybridized carbons (Fsp3) is 0.800. The Hall–Kier alpha value is -0.920. The average Bonchev–Trinajstić information content (AvgIpc) is 2.67. The van der Waals surface area contributed by atoms with Gasteiger partial charge in [0, 0.05) is 18.3 Å². The Morgan fingerprint density at radius 3 is 2.23 bits per heavy atom. The number of hydrogen-bond donors (Lipinski definition) is 0. The minimum atomic E-state index is -0.231. The van der Waals surface area contributed by atoms with E-state index < -0.39 is 0 Å². The molecule has 0 radical (unpaired) electrons. The van der Waals surface area contributed by atoms with Crippen molar-refractivity contribution in [2.45, 2.75) is 73.6 Å². The number of carbonyl (C=O) groups is 2. The molecule has 0 bridgehead atoms. The maximum absolute atomic E-state index is 12.7. The van der Waals surface area contributed by atoms with Crippen LogP contribution in [-0.2, 0) is 9.59 Å². The van der Waals surface area contributed by atoms with Crippen molar-refractivity contribution >= 4 is 11.6 Å². The number of allylic oxidation sites excluding steroid dienone is 2. The lowest BCUT2D eigenvalue weighted by atomic mass is 9.43. The predicted octanol–water partition coefficient (Wildman–Crippen LogP) is 4.72. The molecule has 3 aliphatic carbocycles. The lowest BCUT2D eigenvalue weighted by Gasteiger charge is -2.60. The van der Waals surface area contributed by atoms with Crippen LogP contribution < -0.4 is 0 Å². The molecule has 0 saturated heterocycles. The highest BCUT2D eigenvalue weighted by Gasteiger charge is 2.64. The minimum Gasteiger partial charge on any atom is -0.299 e. The van der Waals surface area contributed by atoms with Crippen molar-refractivity contribution in [3.05, 3.63) is 11.1 Å². The van der Waals surface area contributed by atoms with Crippen molar-refractivity contribution in [2.24, 2.45) is 28.1 Å². The van der Waals surface area contributed by atoms with Crippen LogP contribution in [0, 0.1) is 28.1 Å². The van der Waals surface area contributed by atoms with E-state index in [9.17, 15) is 9.59 Å². The molecule has 0 spiro atoms. The molecule has 3 saturated carbocycles. The molecule has 0 aliphatic heterocycles. The quantitative estimate of drug-likeness (QED) is 0.607. The Kier molecular flexibility index (Phi) is 3.30. The van der Waals surface area contributed by atoms with Crippen LogP contribution in [0.2, 0.25) is 0 Å². The van der Waals surface area contributed by atoms with Gasteiger partial charge >= 0.3 is 0 Å². The molecule has 0 aromatic rings. The van der Waals surface area contributed by atoms with E-state index in [1.807, 2.05) is 0 Å². The summed E-state index contributed by atoms with van der Waals surface area (Å²) in [4.78, 5) is 25.2. The summed E-state index contributed by atoms with van der Waals surface area (Å²) in [5.41, 5.74) is 2.22. The largest absolute Gasteiger partial charge is 0.299 e. The van der Waals surface area contributed by atoms with E-state index in [0.717, 1.165) is 24.8 Å². The first kappa shape index (κ1) is 16.0. The molecule has 0 aromatic carbocycles. The normalized spacial score (nSPS) is 43.8. The van der Waals surface area contributed by atoms with Gasteiger partial charge in [-0.1, -0.05) is 33.3 Å². The average molecular weight is 302 g/mol. The summed E-state index contributed by atoms with van der Waals surface area (Å²) in [6.07, 6.45) is 4.47. The Morgan fingerprint density at radius 2 is 1.64 bits per heavy atom. The lowest BCUT2D eigenvalue weighted by Crippen LogP contribution is -2.56. The Labute approximate surface area is 134 Å². The van der Waals surface area contributed by atoms with Gasteiger partial charge in [0.25, 0.3) is 0 Å². The number of Topliss-reactive ketones (excluding diaryl/α,β-unsaturated/α-hetero) is 2. The van der Waals surface area contributed by atoms with Crippen LogP contribution in [0.1, 0.15) is 73.6 Å². The molecule has 2 heteroatoms. The zero-order chi connectivity index (χ0) is 16.5. The van der Waals surface area contributed by atoms with Gasteiger partial charge in [-0.3, -0.25) is 9.59 Å². The first-order chi connectivity index (χ1) is 10.0. The second-order valence-corrected chi connectivity index (χ2v) is 9.21. The van der Waals surface area contributed by atoms with Gasteiger partial charge in [0.15, 0.2) is 5.78 Å². The molecule has 3 rings (SSSR count). The van der Waals surface area contributed by atoms with Crippen molar-refractivity contribution in [3.63, 3.8) is 0 Å². The third-order valence-corrected chi connectivity index (χ3v) is 7.53. The highest BCUT2D eigenvalue weighted by atomic mass is 16.1. The standard InChI is InChI=1S/C20H30O2/c1-12(2)17-13(21)11-15-19(5)10-8-16(22)18(3,4)14(19)7-9-20(15,17)6/h14-15H,7-11H2,1-6H3/t14-,15-,19-,20-/m0/s1. The van der Waals surface area contributed by atoms with Crippen LogP contribution in [0.25, 0.3) is 0 Å². The van der Waals surface area contributed by atoms with Gasteiger partial charge < -0.3 is 0 Å². The molecule has 4 atom stereocenters. The van der Waals surface area contributed by atoms with Crippen LogP contribution >= 0.6 is 0 Å². The fourth-order valence-corrected chi connectivity index (χ4v) is 6.57. The van der Waals surface area contributed by atoms with E-state index in [4.69, 9.17) is 0 Å². The number of rotatable bonds is 0. The van der Waals surface area contributed by atoms with Gasteiger partial charge in [-0.2, -0.15) is 0 Å². The maximum atomic E-state index is 12.7. The van der Waals surface area contributed by atoms with Crippen molar-refractivity contribution in [1.29, 1.82) is 0 Å². The predicted molar refractivity (Wildman–Crippen MR) is 88.4 cm³/mol. The van der Waals surface area contributed by atoms with E-state index in [1.165, 1.54) is 5.57 Å². The second kappa shape index (κ2) is 4.55. The van der Waals surface area contributed by atoms with Gasteiger partial charge in [0.1, 0.15) is 5.78 Å². The molecular weight excluding hydrogens is 272 g/mol. The van der Waals surface area contributed by atoms with Gasteiger partial charge in [0.05, 0.1) is 0 Å². The van der Waals surface area contributed by atoms with Gasteiger partial charge in [-0.25, -0.2) is 0 Å². The van der Waals surface area contributed by atoms with Crippen molar-refractivity contribution in [1.82, 2.24) is 0 Å². The lowest BCUT2D eigenvalue weighted by molar-refractivity contribution is -0.154. The highest BCUT2D eigenvalue weighted by Crippen LogP contribution is 2.68. The topological polar surface area (TPSA) is 34.1 Å². The molecule has 0 amide bonds. The Morgan fingerprint density at radius 1 is 1.00 bits per heavy atom. The summed E-state index contributed by atoms with van der Waals surface area (Å²) in [5, 5.41) is 0. The third-order valence-electron chi connectivity index (χ3n) is 7.53. The molecule has 0 unspecified atom stereocenters. The second-order valence-electron chi connectivity index (χ2n) is 9.21. The smallest absolute Gasteiger partial charge is 0.159 e. The van der Waals surface area contributed by atoms with Gasteiger partial charge in [-0.15, -0.1) is 0 Å². The number of fused-ring (bicyclic) bond motifs is 3. The summed E-state index contributed by atoms with van der Waals surface area (Å²) >= 11 is 0. The summed E-state index contributed by atoms with van der Waals surface area (Å²) in [7, 11) is 0. The maximum Gasteiger partial charge on any atom is 0.159 e. The third kappa shape index (κ3) is 1.79. The summed E-state index contributed by atoms with van der Waals surface area (Å²) in [6, 6.07) is 0.